The van der Waals surface area contributed by atoms with Crippen LogP contribution < -0.4 is 5.32 Å². The molecule has 0 aromatic heterocycles. The Hall–Kier alpha value is -1.93. The number of alkyl halides is 3. The second-order valence-corrected chi connectivity index (χ2v) is 3.66. The molecule has 0 amide bonds. The first-order valence-corrected chi connectivity index (χ1v) is 5.15. The van der Waals surface area contributed by atoms with Gasteiger partial charge in [-0.15, -0.1) is 0 Å². The summed E-state index contributed by atoms with van der Waals surface area (Å²) in [6, 6.07) is 1.32. The Balaban J connectivity index is 2.77. The molecule has 0 spiro atoms. The van der Waals surface area contributed by atoms with E-state index in [1.807, 2.05) is 0 Å². The van der Waals surface area contributed by atoms with Crippen molar-refractivity contribution in [2.24, 2.45) is 0 Å². The van der Waals surface area contributed by atoms with Gasteiger partial charge in [0.15, 0.2) is 17.3 Å². The Morgan fingerprint density at radius 2 is 1.89 bits per heavy atom. The summed E-state index contributed by atoms with van der Waals surface area (Å²) < 4.78 is 61.8. The molecule has 106 valence electrons. The number of nitrogens with one attached hydrogen (secondary N) is 1. The van der Waals surface area contributed by atoms with E-state index >= 15 is 0 Å². The van der Waals surface area contributed by atoms with E-state index < -0.39 is 47.0 Å². The number of nitro benzene ring substituents is 1. The molecule has 19 heavy (non-hydrogen) atoms. The van der Waals surface area contributed by atoms with E-state index in [4.69, 9.17) is 0 Å². The molecule has 1 N–H and O–H groups in total. The van der Waals surface area contributed by atoms with Crippen molar-refractivity contribution < 1.29 is 26.9 Å². The van der Waals surface area contributed by atoms with Crippen LogP contribution in [0.15, 0.2) is 12.1 Å². The summed E-state index contributed by atoms with van der Waals surface area (Å²) >= 11 is 0. The molecule has 0 aliphatic rings. The van der Waals surface area contributed by atoms with Crippen LogP contribution in [0.25, 0.3) is 0 Å². The molecule has 1 aromatic rings. The van der Waals surface area contributed by atoms with Crippen molar-refractivity contribution in [3.63, 3.8) is 0 Å². The lowest BCUT2D eigenvalue weighted by Crippen LogP contribution is -2.12. The van der Waals surface area contributed by atoms with Crippen LogP contribution >= 0.6 is 0 Å². The minimum Gasteiger partial charge on any atom is -0.377 e. The summed E-state index contributed by atoms with van der Waals surface area (Å²) in [4.78, 5) is 9.62. The van der Waals surface area contributed by atoms with Gasteiger partial charge in [-0.2, -0.15) is 13.2 Å². The van der Waals surface area contributed by atoms with Gasteiger partial charge in [-0.25, -0.2) is 8.78 Å². The number of rotatable bonds is 5. The van der Waals surface area contributed by atoms with Gasteiger partial charge in [-0.1, -0.05) is 0 Å². The zero-order valence-corrected chi connectivity index (χ0v) is 9.43. The van der Waals surface area contributed by atoms with E-state index in [2.05, 4.69) is 5.32 Å². The van der Waals surface area contributed by atoms with Crippen LogP contribution in [0.4, 0.5) is 33.3 Å². The molecule has 1 rings (SSSR count). The highest BCUT2D eigenvalue weighted by Gasteiger charge is 2.26. The van der Waals surface area contributed by atoms with Crippen molar-refractivity contribution in [2.45, 2.75) is 19.0 Å². The lowest BCUT2D eigenvalue weighted by atomic mass is 10.2. The van der Waals surface area contributed by atoms with E-state index in [9.17, 15) is 32.1 Å². The fraction of sp³-hybridized carbons (Fsp3) is 0.400. The third-order valence-corrected chi connectivity index (χ3v) is 2.21. The normalized spacial score (nSPS) is 11.4. The van der Waals surface area contributed by atoms with Crippen molar-refractivity contribution in [3.05, 3.63) is 33.9 Å². The first kappa shape index (κ1) is 15.1. The Bertz CT molecular complexity index is 476. The third-order valence-electron chi connectivity index (χ3n) is 2.21. The Morgan fingerprint density at radius 1 is 1.26 bits per heavy atom. The topological polar surface area (TPSA) is 55.2 Å². The fourth-order valence-corrected chi connectivity index (χ4v) is 1.36. The standard InChI is InChI=1S/C10H9F5N2O2/c11-6-2-3-7(17(18)19)9(8(6)12)16-5-1-4-10(13,14)15/h2-3,16H,1,4-5H2. The number of halogens is 5. The minimum absolute atomic E-state index is 0.360. The van der Waals surface area contributed by atoms with Gasteiger partial charge in [0.1, 0.15) is 0 Å². The maximum Gasteiger partial charge on any atom is 0.389 e. The Morgan fingerprint density at radius 3 is 2.42 bits per heavy atom. The van der Waals surface area contributed by atoms with Crippen LogP contribution in [0, 0.1) is 21.7 Å². The lowest BCUT2D eigenvalue weighted by molar-refractivity contribution is -0.384. The molecule has 4 nitrogen and oxygen atoms in total. The van der Waals surface area contributed by atoms with E-state index in [0.717, 1.165) is 6.07 Å². The smallest absolute Gasteiger partial charge is 0.377 e. The van der Waals surface area contributed by atoms with Crippen LogP contribution in [0.2, 0.25) is 0 Å². The van der Waals surface area contributed by atoms with E-state index in [1.165, 1.54) is 0 Å². The number of nitrogens with zero attached hydrogens (tertiary/aromatic N) is 1. The molecule has 0 unspecified atom stereocenters. The second kappa shape index (κ2) is 5.81. The summed E-state index contributed by atoms with van der Waals surface area (Å²) in [5, 5.41) is 12.7. The summed E-state index contributed by atoms with van der Waals surface area (Å²) in [5.41, 5.74) is -1.47. The van der Waals surface area contributed by atoms with E-state index in [0.29, 0.717) is 6.07 Å². The largest absolute Gasteiger partial charge is 0.389 e. The zero-order chi connectivity index (χ0) is 14.6. The lowest BCUT2D eigenvalue weighted by Gasteiger charge is -2.09. The highest BCUT2D eigenvalue weighted by atomic mass is 19.4. The summed E-state index contributed by atoms with van der Waals surface area (Å²) in [6.45, 7) is -0.360. The molecule has 0 saturated carbocycles. The van der Waals surface area contributed by atoms with Crippen molar-refractivity contribution in [1.29, 1.82) is 0 Å². The van der Waals surface area contributed by atoms with Gasteiger partial charge in [0.25, 0.3) is 5.69 Å². The molecular formula is C10H9F5N2O2. The van der Waals surface area contributed by atoms with Crippen LogP contribution in [0.5, 0.6) is 0 Å². The third kappa shape index (κ3) is 4.34. The SMILES string of the molecule is O=[N+]([O-])c1ccc(F)c(F)c1NCCCC(F)(F)F. The molecule has 0 fully saturated rings. The van der Waals surface area contributed by atoms with Gasteiger partial charge in [0.2, 0.25) is 0 Å². The van der Waals surface area contributed by atoms with Crippen LogP contribution in [0.1, 0.15) is 12.8 Å². The average Bonchev–Trinajstić information content (AvgIpc) is 2.28. The van der Waals surface area contributed by atoms with Gasteiger partial charge < -0.3 is 5.32 Å². The van der Waals surface area contributed by atoms with Crippen LogP contribution in [-0.2, 0) is 0 Å². The zero-order valence-electron chi connectivity index (χ0n) is 9.43. The summed E-state index contributed by atoms with van der Waals surface area (Å²) in [7, 11) is 0. The molecule has 0 heterocycles. The average molecular weight is 284 g/mol. The van der Waals surface area contributed by atoms with Crippen molar-refractivity contribution >= 4 is 11.4 Å². The Labute approximate surface area is 104 Å². The summed E-state index contributed by atoms with van der Waals surface area (Å²) in [6.07, 6.45) is -5.89. The number of nitro groups is 1. The second-order valence-electron chi connectivity index (χ2n) is 3.66. The molecule has 0 aliphatic carbocycles. The molecule has 0 bridgehead atoms. The van der Waals surface area contributed by atoms with E-state index in [1.54, 1.807) is 0 Å². The van der Waals surface area contributed by atoms with E-state index in [-0.39, 0.29) is 6.54 Å². The fourth-order valence-electron chi connectivity index (χ4n) is 1.36. The van der Waals surface area contributed by atoms with Crippen molar-refractivity contribution in [2.75, 3.05) is 11.9 Å². The molecule has 0 saturated heterocycles. The predicted molar refractivity (Wildman–Crippen MR) is 56.8 cm³/mol. The molecule has 9 heteroatoms. The first-order chi connectivity index (χ1) is 8.72. The molecule has 1 aromatic carbocycles. The number of hydrogen-bond acceptors (Lipinski definition) is 3. The monoisotopic (exact) mass is 284 g/mol. The van der Waals surface area contributed by atoms with Crippen molar-refractivity contribution in [3.8, 4) is 0 Å². The molecule has 0 radical (unpaired) electrons. The molecular weight excluding hydrogens is 275 g/mol. The van der Waals surface area contributed by atoms with Gasteiger partial charge in [-0.05, 0) is 12.5 Å². The summed E-state index contributed by atoms with van der Waals surface area (Å²) in [5.74, 6) is -2.80. The molecule has 0 aliphatic heterocycles. The number of hydrogen-bond donors (Lipinski definition) is 1. The quantitative estimate of drug-likeness (QED) is 0.389. The minimum atomic E-state index is -4.37. The first-order valence-electron chi connectivity index (χ1n) is 5.15. The number of benzene rings is 1. The van der Waals surface area contributed by atoms with Crippen LogP contribution in [-0.4, -0.2) is 17.6 Å². The van der Waals surface area contributed by atoms with Gasteiger partial charge in [-0.3, -0.25) is 10.1 Å². The highest BCUT2D eigenvalue weighted by molar-refractivity contribution is 5.62. The Kier molecular flexibility index (Phi) is 4.62. The molecule has 0 atom stereocenters. The van der Waals surface area contributed by atoms with Gasteiger partial charge in [0, 0.05) is 19.0 Å². The maximum atomic E-state index is 13.3. The maximum absolute atomic E-state index is 13.3. The number of anilines is 1. The highest BCUT2D eigenvalue weighted by Crippen LogP contribution is 2.29. The van der Waals surface area contributed by atoms with Gasteiger partial charge >= 0.3 is 6.18 Å². The van der Waals surface area contributed by atoms with Crippen LogP contribution in [0.3, 0.4) is 0 Å². The van der Waals surface area contributed by atoms with Gasteiger partial charge in [0.05, 0.1) is 4.92 Å². The van der Waals surface area contributed by atoms with Crippen molar-refractivity contribution in [1.82, 2.24) is 0 Å². The predicted octanol–water partition coefficient (Wildman–Crippen LogP) is 3.63.